The van der Waals surface area contributed by atoms with E-state index >= 15 is 0 Å². The lowest BCUT2D eigenvalue weighted by Crippen LogP contribution is -2.63. The predicted octanol–water partition coefficient (Wildman–Crippen LogP) is 6.33. The maximum Gasteiger partial charge on any atom is 0.460 e. The Morgan fingerprint density at radius 1 is 0.895 bits per heavy atom. The van der Waals surface area contributed by atoms with E-state index in [-0.39, 0.29) is 6.29 Å². The second-order valence-corrected chi connectivity index (χ2v) is 11.6. The van der Waals surface area contributed by atoms with Crippen molar-refractivity contribution < 1.29 is 62.0 Å². The quantitative estimate of drug-likeness (QED) is 0.153. The van der Waals surface area contributed by atoms with Crippen LogP contribution in [0.5, 0.6) is 5.75 Å². The van der Waals surface area contributed by atoms with Gasteiger partial charge >= 0.3 is 23.3 Å². The first-order valence-corrected chi connectivity index (χ1v) is 13.9. The Balaban J connectivity index is 0.000000275. The van der Waals surface area contributed by atoms with Gasteiger partial charge in [0.2, 0.25) is 0 Å². The zero-order valence-corrected chi connectivity index (χ0v) is 21.5. The number of halogens is 9. The van der Waals surface area contributed by atoms with E-state index in [1.165, 1.54) is 40.0 Å². The first-order valence-electron chi connectivity index (χ1n) is 10.9. The largest absolute Gasteiger partial charge is 0.743 e. The summed E-state index contributed by atoms with van der Waals surface area (Å²) in [6.07, 6.45) is -4.63. The van der Waals surface area contributed by atoms with Gasteiger partial charge in [-0.1, -0.05) is 18.2 Å². The van der Waals surface area contributed by atoms with Gasteiger partial charge in [0.25, 0.3) is 0 Å². The first kappa shape index (κ1) is 32.3. The number of fused-ring (bicyclic) bond motifs is 1. The third-order valence-corrected chi connectivity index (χ3v) is 8.74. The van der Waals surface area contributed by atoms with E-state index in [2.05, 4.69) is 36.4 Å². The van der Waals surface area contributed by atoms with Crippen molar-refractivity contribution in [3.8, 4) is 5.75 Å². The number of alkyl halides is 9. The Morgan fingerprint density at radius 3 is 1.89 bits per heavy atom. The molecule has 0 saturated carbocycles. The average Bonchev–Trinajstić information content (AvgIpc) is 3.33. The topological polar surface area (TPSA) is 75.7 Å². The number of benzene rings is 2. The van der Waals surface area contributed by atoms with Crippen LogP contribution in [0.3, 0.4) is 0 Å². The maximum absolute atomic E-state index is 12.2. The summed E-state index contributed by atoms with van der Waals surface area (Å²) in [7, 11) is -6.99. The van der Waals surface area contributed by atoms with Crippen LogP contribution in [0.4, 0.5) is 39.5 Å². The third kappa shape index (κ3) is 6.45. The van der Waals surface area contributed by atoms with E-state index in [4.69, 9.17) is 9.47 Å². The second kappa shape index (κ2) is 11.7. The number of rotatable bonds is 8. The Labute approximate surface area is 215 Å². The summed E-state index contributed by atoms with van der Waals surface area (Å²) < 4.78 is 147. The second-order valence-electron chi connectivity index (χ2n) is 7.97. The standard InChI is InChI=1S/C18H23O2S.C4HF9O3S/c1-3-19-14(2)20-17-10-11-18(21-12-6-7-13-21)16-9-5-4-8-15(16)17;5-1(6,3(9,10)11)2(7,8)4(12,13)17(14,15)16/h4-5,8-11,14H,3,6-7,12-13H2,1-2H3;(H,14,15,16)/q+1;/p-1. The van der Waals surface area contributed by atoms with Crippen molar-refractivity contribution in [2.45, 2.75) is 61.2 Å². The van der Waals surface area contributed by atoms with Gasteiger partial charge in [-0.3, -0.25) is 0 Å². The highest BCUT2D eigenvalue weighted by Crippen LogP contribution is 2.54. The van der Waals surface area contributed by atoms with Crippen LogP contribution in [0.1, 0.15) is 26.7 Å². The fraction of sp³-hybridized carbons (Fsp3) is 0.545. The van der Waals surface area contributed by atoms with Crippen LogP contribution < -0.4 is 4.74 Å². The minimum atomic E-state index is -7.43. The molecule has 0 aliphatic carbocycles. The first-order chi connectivity index (χ1) is 17.3. The SMILES string of the molecule is CCOC(C)Oc1ccc([S+]2CCCC2)c2ccccc12.O=S(=O)([O-])C(F)(F)C(F)(F)C(F)(F)C(F)(F)F. The van der Waals surface area contributed by atoms with Crippen LogP contribution in [-0.2, 0) is 25.7 Å². The molecule has 38 heavy (non-hydrogen) atoms. The van der Waals surface area contributed by atoms with Crippen molar-refractivity contribution in [2.24, 2.45) is 0 Å². The summed E-state index contributed by atoms with van der Waals surface area (Å²) in [5, 5.41) is -4.55. The lowest BCUT2D eigenvalue weighted by atomic mass is 10.1. The maximum atomic E-state index is 12.2. The summed E-state index contributed by atoms with van der Waals surface area (Å²) >= 11 is 0. The van der Waals surface area contributed by atoms with Crippen LogP contribution in [0.2, 0.25) is 0 Å². The Kier molecular flexibility index (Phi) is 9.93. The molecular formula is C22H23F9O5S2. The lowest BCUT2D eigenvalue weighted by Gasteiger charge is -2.34. The molecule has 0 amide bonds. The molecule has 16 heteroatoms. The molecule has 216 valence electrons. The molecule has 1 aliphatic heterocycles. The van der Waals surface area contributed by atoms with Gasteiger partial charge in [0.1, 0.15) is 17.3 Å². The predicted molar refractivity (Wildman–Crippen MR) is 121 cm³/mol. The van der Waals surface area contributed by atoms with Gasteiger partial charge in [0.15, 0.2) is 21.3 Å². The molecule has 2 aromatic rings. The average molecular weight is 603 g/mol. The van der Waals surface area contributed by atoms with Gasteiger partial charge in [-0.25, -0.2) is 8.42 Å². The highest BCUT2D eigenvalue weighted by Gasteiger charge is 2.83. The molecule has 2 aromatic carbocycles. The molecule has 1 aliphatic rings. The molecule has 1 unspecified atom stereocenters. The van der Waals surface area contributed by atoms with Crippen LogP contribution >= 0.6 is 0 Å². The molecule has 0 aromatic heterocycles. The van der Waals surface area contributed by atoms with Gasteiger partial charge in [0, 0.05) is 28.3 Å². The molecule has 1 heterocycles. The molecular weight excluding hydrogens is 579 g/mol. The molecule has 1 saturated heterocycles. The van der Waals surface area contributed by atoms with Gasteiger partial charge < -0.3 is 14.0 Å². The Morgan fingerprint density at radius 2 is 1.42 bits per heavy atom. The van der Waals surface area contributed by atoms with E-state index in [1.807, 2.05) is 13.8 Å². The summed E-state index contributed by atoms with van der Waals surface area (Å²) in [6, 6.07) is 13.0. The van der Waals surface area contributed by atoms with Crippen molar-refractivity contribution >= 4 is 31.8 Å². The highest BCUT2D eigenvalue weighted by molar-refractivity contribution is 7.97. The molecule has 5 nitrogen and oxygen atoms in total. The Hall–Kier alpha value is -1.91. The van der Waals surface area contributed by atoms with E-state index < -0.39 is 33.4 Å². The fourth-order valence-electron chi connectivity index (χ4n) is 3.44. The van der Waals surface area contributed by atoms with Gasteiger partial charge in [-0.15, -0.1) is 0 Å². The zero-order chi connectivity index (χ0) is 29.2. The summed E-state index contributed by atoms with van der Waals surface area (Å²) in [4.78, 5) is 1.51. The zero-order valence-electron chi connectivity index (χ0n) is 19.8. The van der Waals surface area contributed by atoms with Crippen LogP contribution in [0.25, 0.3) is 10.8 Å². The highest BCUT2D eigenvalue weighted by atomic mass is 32.2. The molecule has 1 fully saturated rings. The van der Waals surface area contributed by atoms with Gasteiger partial charge in [0.05, 0.1) is 0 Å². The molecule has 0 spiro atoms. The molecule has 0 bridgehead atoms. The normalized spacial score (nSPS) is 16.7. The van der Waals surface area contributed by atoms with E-state index in [9.17, 15) is 52.5 Å². The lowest BCUT2D eigenvalue weighted by molar-refractivity contribution is -0.382. The van der Waals surface area contributed by atoms with Crippen LogP contribution in [0.15, 0.2) is 41.3 Å². The van der Waals surface area contributed by atoms with Crippen molar-refractivity contribution in [1.82, 2.24) is 0 Å². The molecule has 1 atom stereocenters. The number of hydrogen-bond acceptors (Lipinski definition) is 5. The van der Waals surface area contributed by atoms with Gasteiger partial charge in [-0.05, 0) is 44.9 Å². The summed E-state index contributed by atoms with van der Waals surface area (Å²) in [5.41, 5.74) is 0. The van der Waals surface area contributed by atoms with E-state index in [1.54, 1.807) is 0 Å². The number of ether oxygens (including phenoxy) is 2. The van der Waals surface area contributed by atoms with Crippen molar-refractivity contribution in [2.75, 3.05) is 18.1 Å². The van der Waals surface area contributed by atoms with E-state index in [0.717, 1.165) is 5.75 Å². The van der Waals surface area contributed by atoms with Crippen LogP contribution in [0, 0.1) is 0 Å². The molecule has 0 radical (unpaired) electrons. The minimum absolute atomic E-state index is 0.210. The van der Waals surface area contributed by atoms with Crippen molar-refractivity contribution in [1.29, 1.82) is 0 Å². The monoisotopic (exact) mass is 602 g/mol. The number of hydrogen-bond donors (Lipinski definition) is 0. The van der Waals surface area contributed by atoms with Crippen molar-refractivity contribution in [3.63, 3.8) is 0 Å². The minimum Gasteiger partial charge on any atom is -0.743 e. The van der Waals surface area contributed by atoms with Crippen LogP contribution in [-0.4, -0.2) is 60.6 Å². The smallest absolute Gasteiger partial charge is 0.460 e. The summed E-state index contributed by atoms with van der Waals surface area (Å²) in [5.74, 6) is -11.2. The van der Waals surface area contributed by atoms with Gasteiger partial charge in [-0.2, -0.15) is 39.5 Å². The van der Waals surface area contributed by atoms with Crippen molar-refractivity contribution in [3.05, 3.63) is 36.4 Å². The molecule has 0 N–H and O–H groups in total. The van der Waals surface area contributed by atoms with E-state index in [0.29, 0.717) is 17.5 Å². The summed E-state index contributed by atoms with van der Waals surface area (Å²) in [6.45, 7) is 4.60. The molecule has 3 rings (SSSR count). The fourth-order valence-corrected chi connectivity index (χ4v) is 6.38. The Bertz CT molecular complexity index is 1200. The third-order valence-electron chi connectivity index (χ3n) is 5.31.